The number of carbonyl (C=O) groups excluding carboxylic acids is 2. The fourth-order valence-electron chi connectivity index (χ4n) is 13.6. The molecule has 6 unspecified atom stereocenters. The van der Waals surface area contributed by atoms with Gasteiger partial charge in [0.1, 0.15) is 18.3 Å². The standard InChI is InChI=1S/C52H87NO7/c1-34-7-17-42(18-8-34)53(43-19-9-35(2)10-20-43)44-21-11-39(12-22-44)33-49(40-13-23-45(56-6)24-14-40)41-15-25-46(26-16-41)59-52(55)60-51-30-28-48(32-37(51)4)58-47-27-29-50(36(3)31-47)57-38(5)54/h33-37,39-48,50-51H,7-32H2,1-6H3. The monoisotopic (exact) mass is 838 g/mol. The van der Waals surface area contributed by atoms with Crippen LogP contribution in [0.15, 0.2) is 11.6 Å². The minimum Gasteiger partial charge on any atom is -0.462 e. The number of rotatable bonds is 12. The van der Waals surface area contributed by atoms with Gasteiger partial charge in [-0.1, -0.05) is 39.3 Å². The Balaban J connectivity index is 0.886. The highest BCUT2D eigenvalue weighted by Crippen LogP contribution is 2.45. The van der Waals surface area contributed by atoms with Crippen molar-refractivity contribution in [1.82, 2.24) is 4.90 Å². The van der Waals surface area contributed by atoms with Crippen LogP contribution in [0.1, 0.15) is 202 Å². The van der Waals surface area contributed by atoms with Gasteiger partial charge in [0.25, 0.3) is 0 Å². The number of nitrogens with zero attached hydrogens (tertiary/aromatic N) is 1. The van der Waals surface area contributed by atoms with E-state index in [9.17, 15) is 9.59 Å². The maximum absolute atomic E-state index is 13.2. The second-order valence-corrected chi connectivity index (χ2v) is 21.8. The van der Waals surface area contributed by atoms with Crippen molar-refractivity contribution < 1.29 is 33.3 Å². The quantitative estimate of drug-likeness (QED) is 0.142. The normalized spacial score (nSPS) is 42.3. The average molecular weight is 838 g/mol. The van der Waals surface area contributed by atoms with Crippen LogP contribution in [0.2, 0.25) is 0 Å². The molecule has 7 aliphatic carbocycles. The van der Waals surface area contributed by atoms with Crippen LogP contribution < -0.4 is 0 Å². The predicted molar refractivity (Wildman–Crippen MR) is 239 cm³/mol. The van der Waals surface area contributed by atoms with E-state index < -0.39 is 6.16 Å². The van der Waals surface area contributed by atoms with E-state index in [0.717, 1.165) is 94.2 Å². The zero-order valence-corrected chi connectivity index (χ0v) is 39.0. The van der Waals surface area contributed by atoms with Crippen molar-refractivity contribution in [3.8, 4) is 0 Å². The molecule has 0 heterocycles. The third-order valence-corrected chi connectivity index (χ3v) is 17.3. The maximum atomic E-state index is 13.2. The number of hydrogen-bond acceptors (Lipinski definition) is 8. The van der Waals surface area contributed by atoms with Crippen molar-refractivity contribution in [2.24, 2.45) is 41.4 Å². The van der Waals surface area contributed by atoms with Gasteiger partial charge in [-0.3, -0.25) is 9.69 Å². The molecule has 0 radical (unpaired) electrons. The third kappa shape index (κ3) is 12.8. The smallest absolute Gasteiger partial charge is 0.462 e. The van der Waals surface area contributed by atoms with Gasteiger partial charge in [0, 0.05) is 32.2 Å². The van der Waals surface area contributed by atoms with E-state index in [-0.39, 0.29) is 42.4 Å². The summed E-state index contributed by atoms with van der Waals surface area (Å²) in [5.74, 6) is 4.13. The van der Waals surface area contributed by atoms with E-state index >= 15 is 0 Å². The molecule has 8 nitrogen and oxygen atoms in total. The summed E-state index contributed by atoms with van der Waals surface area (Å²) in [5, 5.41) is 0. The molecule has 0 aromatic carbocycles. The maximum Gasteiger partial charge on any atom is 0.508 e. The number of allylic oxidation sites excluding steroid dienone is 2. The van der Waals surface area contributed by atoms with E-state index in [1.165, 1.54) is 110 Å². The van der Waals surface area contributed by atoms with Gasteiger partial charge in [-0.15, -0.1) is 0 Å². The lowest BCUT2D eigenvalue weighted by Gasteiger charge is -2.49. The second kappa shape index (κ2) is 22.3. The van der Waals surface area contributed by atoms with E-state index in [0.29, 0.717) is 29.8 Å². The summed E-state index contributed by atoms with van der Waals surface area (Å²) < 4.78 is 30.0. The van der Waals surface area contributed by atoms with Gasteiger partial charge in [-0.05, 0) is 208 Å². The van der Waals surface area contributed by atoms with Crippen molar-refractivity contribution in [3.05, 3.63) is 11.6 Å². The number of esters is 1. The molecule has 0 spiro atoms. The van der Waals surface area contributed by atoms with Crippen LogP contribution in [0.25, 0.3) is 0 Å². The zero-order valence-electron chi connectivity index (χ0n) is 39.0. The first-order valence-corrected chi connectivity index (χ1v) is 25.7. The second-order valence-electron chi connectivity index (χ2n) is 21.8. The summed E-state index contributed by atoms with van der Waals surface area (Å²) in [6.45, 7) is 10.8. The highest BCUT2D eigenvalue weighted by Gasteiger charge is 2.40. The topological polar surface area (TPSA) is 83.5 Å². The molecule has 0 amide bonds. The number of methoxy groups -OCH3 is 1. The molecule has 0 bridgehead atoms. The van der Waals surface area contributed by atoms with Gasteiger partial charge in [-0.25, -0.2) is 4.79 Å². The summed E-state index contributed by atoms with van der Waals surface area (Å²) in [7, 11) is 1.89. The zero-order chi connectivity index (χ0) is 42.2. The summed E-state index contributed by atoms with van der Waals surface area (Å²) in [4.78, 5) is 27.8. The Morgan fingerprint density at radius 1 is 0.483 bits per heavy atom. The summed E-state index contributed by atoms with van der Waals surface area (Å²) in [6, 6.07) is 2.41. The highest BCUT2D eigenvalue weighted by atomic mass is 16.7. The summed E-state index contributed by atoms with van der Waals surface area (Å²) >= 11 is 0. The summed E-state index contributed by atoms with van der Waals surface area (Å²) in [5.41, 5.74) is 1.76. The van der Waals surface area contributed by atoms with Crippen molar-refractivity contribution in [2.45, 2.75) is 256 Å². The third-order valence-electron chi connectivity index (χ3n) is 17.3. The van der Waals surface area contributed by atoms with Crippen molar-refractivity contribution in [1.29, 1.82) is 0 Å². The molecule has 342 valence electrons. The Kier molecular flexibility index (Phi) is 17.2. The Bertz CT molecular complexity index is 1320. The molecule has 0 N–H and O–H groups in total. The minimum absolute atomic E-state index is 0.00241. The molecule has 8 heteroatoms. The highest BCUT2D eigenvalue weighted by molar-refractivity contribution is 5.66. The van der Waals surface area contributed by atoms with Crippen LogP contribution in [0.4, 0.5) is 4.79 Å². The lowest BCUT2D eigenvalue weighted by molar-refractivity contribution is -0.155. The first-order chi connectivity index (χ1) is 29.0. The average Bonchev–Trinajstić information content (AvgIpc) is 3.24. The largest absolute Gasteiger partial charge is 0.508 e. The van der Waals surface area contributed by atoms with Crippen molar-refractivity contribution in [2.75, 3.05) is 7.11 Å². The lowest BCUT2D eigenvalue weighted by Crippen LogP contribution is -2.52. The van der Waals surface area contributed by atoms with E-state index in [2.05, 4.69) is 38.7 Å². The van der Waals surface area contributed by atoms with Crippen molar-refractivity contribution in [3.63, 3.8) is 0 Å². The van der Waals surface area contributed by atoms with Crippen LogP contribution >= 0.6 is 0 Å². The Morgan fingerprint density at radius 2 is 0.917 bits per heavy atom. The fourth-order valence-corrected chi connectivity index (χ4v) is 13.6. The van der Waals surface area contributed by atoms with Gasteiger partial charge >= 0.3 is 12.1 Å². The van der Waals surface area contributed by atoms with Crippen LogP contribution in [-0.4, -0.2) is 78.9 Å². The predicted octanol–water partition coefficient (Wildman–Crippen LogP) is 12.5. The summed E-state index contributed by atoms with van der Waals surface area (Å²) in [6.07, 6.45) is 34.0. The Hall–Kier alpha value is -1.64. The Labute approximate surface area is 365 Å². The molecule has 7 aliphatic rings. The molecular formula is C52H87NO7. The molecular weight excluding hydrogens is 751 g/mol. The van der Waals surface area contributed by atoms with Crippen LogP contribution in [0.3, 0.4) is 0 Å². The molecule has 60 heavy (non-hydrogen) atoms. The van der Waals surface area contributed by atoms with E-state index in [1.807, 2.05) is 7.11 Å². The molecule has 0 aromatic rings. The van der Waals surface area contributed by atoms with Gasteiger partial charge in [0.2, 0.25) is 0 Å². The number of hydrogen-bond donors (Lipinski definition) is 0. The molecule has 7 fully saturated rings. The van der Waals surface area contributed by atoms with Gasteiger partial charge in [0.05, 0.1) is 18.3 Å². The van der Waals surface area contributed by atoms with Gasteiger partial charge in [0.15, 0.2) is 0 Å². The number of ether oxygens (including phenoxy) is 5. The molecule has 0 aliphatic heterocycles. The molecule has 7 rings (SSSR count). The SMILES string of the molecule is COC1CCC(C(=CC2CCC(N(C3CCC(C)CC3)C3CCC(C)CC3)CC2)C2CCC(OC(=O)OC3CCC(OC4CCC(OC(C)=O)C(C)C4)CC3C)CC2)CC1. The van der Waals surface area contributed by atoms with Gasteiger partial charge in [-0.2, -0.15) is 0 Å². The van der Waals surface area contributed by atoms with E-state index in [4.69, 9.17) is 23.7 Å². The Morgan fingerprint density at radius 3 is 1.37 bits per heavy atom. The molecule has 7 saturated carbocycles. The number of carbonyl (C=O) groups is 2. The van der Waals surface area contributed by atoms with Crippen molar-refractivity contribution >= 4 is 12.1 Å². The minimum atomic E-state index is -0.475. The fraction of sp³-hybridized carbons (Fsp3) is 0.923. The molecule has 0 saturated heterocycles. The van der Waals surface area contributed by atoms with Gasteiger partial charge < -0.3 is 23.7 Å². The first kappa shape index (κ1) is 46.4. The van der Waals surface area contributed by atoms with Crippen LogP contribution in [-0.2, 0) is 28.5 Å². The molecule has 0 aromatic heterocycles. The molecule has 6 atom stereocenters. The van der Waals surface area contributed by atoms with Crippen LogP contribution in [0, 0.1) is 41.4 Å². The van der Waals surface area contributed by atoms with E-state index in [1.54, 1.807) is 5.57 Å². The van der Waals surface area contributed by atoms with Crippen LogP contribution in [0.5, 0.6) is 0 Å². The lowest BCUT2D eigenvalue weighted by atomic mass is 9.70. The first-order valence-electron chi connectivity index (χ1n) is 25.7.